The largest absolute Gasteiger partial charge is 0.335 e. The third kappa shape index (κ3) is 3.48. The number of fused-ring (bicyclic) bond motifs is 3. The molecule has 7 nitrogen and oxygen atoms in total. The molecule has 1 atom stereocenters. The van der Waals surface area contributed by atoms with Gasteiger partial charge in [0.2, 0.25) is 10.0 Å². The predicted octanol–water partition coefficient (Wildman–Crippen LogP) is 3.05. The van der Waals surface area contributed by atoms with E-state index in [2.05, 4.69) is 18.8 Å². The predicted molar refractivity (Wildman–Crippen MR) is 110 cm³/mol. The number of rotatable bonds is 4. The van der Waals surface area contributed by atoms with Crippen LogP contribution in [0.2, 0.25) is 0 Å². The lowest BCUT2D eigenvalue weighted by atomic mass is 10.1. The summed E-state index contributed by atoms with van der Waals surface area (Å²) < 4.78 is 30.0. The maximum atomic E-state index is 13.4. The van der Waals surface area contributed by atoms with Gasteiger partial charge in [0.15, 0.2) is 5.69 Å². The number of likely N-dealkylation sites (tertiary alicyclic amines) is 1. The van der Waals surface area contributed by atoms with Crippen molar-refractivity contribution in [3.05, 3.63) is 42.0 Å². The van der Waals surface area contributed by atoms with Crippen LogP contribution in [0.5, 0.6) is 0 Å². The fourth-order valence-corrected chi connectivity index (χ4v) is 5.75. The van der Waals surface area contributed by atoms with Crippen LogP contribution in [0.25, 0.3) is 5.69 Å². The summed E-state index contributed by atoms with van der Waals surface area (Å²) >= 11 is 0. The van der Waals surface area contributed by atoms with E-state index in [4.69, 9.17) is 0 Å². The second-order valence-corrected chi connectivity index (χ2v) is 10.3. The molecule has 1 fully saturated rings. The van der Waals surface area contributed by atoms with Gasteiger partial charge in [-0.1, -0.05) is 26.0 Å². The van der Waals surface area contributed by atoms with Crippen LogP contribution in [0.4, 0.5) is 0 Å². The summed E-state index contributed by atoms with van der Waals surface area (Å²) in [4.78, 5) is 19.8. The lowest BCUT2D eigenvalue weighted by Crippen LogP contribution is -2.36. The van der Waals surface area contributed by atoms with Gasteiger partial charge in [0.25, 0.3) is 5.91 Å². The number of benzene rings is 1. The van der Waals surface area contributed by atoms with Crippen molar-refractivity contribution in [3.8, 4) is 5.69 Å². The highest BCUT2D eigenvalue weighted by Gasteiger charge is 2.36. The minimum Gasteiger partial charge on any atom is -0.335 e. The fraction of sp³-hybridized carbons (Fsp3) is 0.524. The number of carbonyl (C=O) groups is 1. The SMILES string of the molecule is CC(C)CCN1Cc2c(C(=O)N3CCC[C@@H]3C)ncn2-c2ccccc2S1(=O)=O. The normalized spacial score (nSPS) is 21.1. The molecule has 1 aromatic heterocycles. The van der Waals surface area contributed by atoms with Gasteiger partial charge in [0.1, 0.15) is 11.2 Å². The Bertz CT molecular complexity index is 1030. The molecule has 0 radical (unpaired) electrons. The van der Waals surface area contributed by atoms with E-state index in [1.54, 1.807) is 29.1 Å². The highest BCUT2D eigenvalue weighted by atomic mass is 32.2. The number of hydrogen-bond donors (Lipinski definition) is 0. The first-order valence-electron chi connectivity index (χ1n) is 10.3. The van der Waals surface area contributed by atoms with E-state index in [1.807, 2.05) is 17.9 Å². The Morgan fingerprint density at radius 1 is 1.28 bits per heavy atom. The second kappa shape index (κ2) is 7.57. The number of carbonyl (C=O) groups excluding carboxylic acids is 1. The summed E-state index contributed by atoms with van der Waals surface area (Å²) in [6, 6.07) is 7.13. The zero-order chi connectivity index (χ0) is 20.8. The standard InChI is InChI=1S/C21H28N4O3S/c1-15(2)10-12-23-13-18-20(21(26)24-11-6-7-16(24)3)22-14-25(18)17-8-4-5-9-19(17)29(23,27)28/h4-5,8-9,14-16H,6-7,10-13H2,1-3H3/t16-/m0/s1. The molecule has 0 unspecified atom stereocenters. The third-order valence-electron chi connectivity index (χ3n) is 5.91. The molecular weight excluding hydrogens is 388 g/mol. The van der Waals surface area contributed by atoms with E-state index in [9.17, 15) is 13.2 Å². The first-order valence-corrected chi connectivity index (χ1v) is 11.7. The maximum absolute atomic E-state index is 13.4. The smallest absolute Gasteiger partial charge is 0.274 e. The van der Waals surface area contributed by atoms with Crippen LogP contribution in [0.3, 0.4) is 0 Å². The summed E-state index contributed by atoms with van der Waals surface area (Å²) in [6.07, 6.45) is 4.31. The molecule has 2 aromatic rings. The summed E-state index contributed by atoms with van der Waals surface area (Å²) in [7, 11) is -3.67. The highest BCUT2D eigenvalue weighted by Crippen LogP contribution is 2.32. The van der Waals surface area contributed by atoms with Gasteiger partial charge < -0.3 is 4.90 Å². The molecule has 0 N–H and O–H groups in total. The van der Waals surface area contributed by atoms with E-state index in [0.29, 0.717) is 29.5 Å². The second-order valence-electron chi connectivity index (χ2n) is 8.39. The Morgan fingerprint density at radius 3 is 2.72 bits per heavy atom. The quantitative estimate of drug-likeness (QED) is 0.768. The molecule has 1 amide bonds. The van der Waals surface area contributed by atoms with Gasteiger partial charge in [-0.05, 0) is 44.2 Å². The molecule has 156 valence electrons. The number of sulfonamides is 1. The van der Waals surface area contributed by atoms with E-state index in [1.165, 1.54) is 4.31 Å². The average Bonchev–Trinajstić information content (AvgIpc) is 3.28. The van der Waals surface area contributed by atoms with Crippen molar-refractivity contribution in [2.45, 2.75) is 57.5 Å². The van der Waals surface area contributed by atoms with Crippen LogP contribution in [0.15, 0.2) is 35.5 Å². The number of hydrogen-bond acceptors (Lipinski definition) is 4. The number of aromatic nitrogens is 2. The molecular formula is C21H28N4O3S. The molecule has 0 bridgehead atoms. The lowest BCUT2D eigenvalue weighted by Gasteiger charge is -2.23. The number of imidazole rings is 1. The van der Waals surface area contributed by atoms with Crippen LogP contribution in [0, 0.1) is 5.92 Å². The fourth-order valence-electron chi connectivity index (χ4n) is 4.15. The van der Waals surface area contributed by atoms with Crippen molar-refractivity contribution in [1.29, 1.82) is 0 Å². The molecule has 2 aliphatic heterocycles. The van der Waals surface area contributed by atoms with Crippen molar-refractivity contribution < 1.29 is 13.2 Å². The summed E-state index contributed by atoms with van der Waals surface area (Å²) in [5.41, 5.74) is 1.56. The topological polar surface area (TPSA) is 75.5 Å². The molecule has 0 aliphatic carbocycles. The lowest BCUT2D eigenvalue weighted by molar-refractivity contribution is 0.0740. The summed E-state index contributed by atoms with van der Waals surface area (Å²) in [5.74, 6) is 0.268. The summed E-state index contributed by atoms with van der Waals surface area (Å²) in [6.45, 7) is 7.48. The van der Waals surface area contributed by atoms with Gasteiger partial charge in [-0.3, -0.25) is 9.36 Å². The number of amides is 1. The van der Waals surface area contributed by atoms with Gasteiger partial charge in [0.05, 0.1) is 17.9 Å². The minimum atomic E-state index is -3.67. The Hall–Kier alpha value is -2.19. The zero-order valence-corrected chi connectivity index (χ0v) is 18.0. The van der Waals surface area contributed by atoms with Crippen LogP contribution < -0.4 is 0 Å². The molecule has 1 saturated heterocycles. The Morgan fingerprint density at radius 2 is 2.03 bits per heavy atom. The van der Waals surface area contributed by atoms with Gasteiger partial charge in [0, 0.05) is 19.1 Å². The monoisotopic (exact) mass is 416 g/mol. The van der Waals surface area contributed by atoms with Crippen LogP contribution in [0.1, 0.15) is 56.2 Å². The molecule has 8 heteroatoms. The molecule has 4 rings (SSSR count). The van der Waals surface area contributed by atoms with Crippen LogP contribution >= 0.6 is 0 Å². The Labute approximate surface area is 172 Å². The molecule has 3 heterocycles. The molecule has 1 aromatic carbocycles. The van der Waals surface area contributed by atoms with Crippen molar-refractivity contribution in [2.75, 3.05) is 13.1 Å². The maximum Gasteiger partial charge on any atom is 0.274 e. The third-order valence-corrected chi connectivity index (χ3v) is 7.80. The van der Waals surface area contributed by atoms with Crippen molar-refractivity contribution in [3.63, 3.8) is 0 Å². The van der Waals surface area contributed by atoms with Gasteiger partial charge in [-0.25, -0.2) is 13.4 Å². The van der Waals surface area contributed by atoms with Gasteiger partial charge >= 0.3 is 0 Å². The van der Waals surface area contributed by atoms with E-state index < -0.39 is 10.0 Å². The number of nitrogens with zero attached hydrogens (tertiary/aromatic N) is 4. The first-order chi connectivity index (χ1) is 13.8. The molecule has 0 saturated carbocycles. The summed E-state index contributed by atoms with van der Waals surface area (Å²) in [5, 5.41) is 0. The highest BCUT2D eigenvalue weighted by molar-refractivity contribution is 7.89. The van der Waals surface area contributed by atoms with E-state index >= 15 is 0 Å². The number of para-hydroxylation sites is 1. The first kappa shape index (κ1) is 20.1. The van der Waals surface area contributed by atoms with Crippen molar-refractivity contribution in [2.24, 2.45) is 5.92 Å². The van der Waals surface area contributed by atoms with Gasteiger partial charge in [-0.2, -0.15) is 4.31 Å². The zero-order valence-electron chi connectivity index (χ0n) is 17.2. The van der Waals surface area contributed by atoms with Crippen molar-refractivity contribution in [1.82, 2.24) is 18.8 Å². The Balaban J connectivity index is 1.82. The molecule has 29 heavy (non-hydrogen) atoms. The van der Waals surface area contributed by atoms with Crippen LogP contribution in [-0.2, 0) is 16.6 Å². The van der Waals surface area contributed by atoms with Gasteiger partial charge in [-0.15, -0.1) is 0 Å². The van der Waals surface area contributed by atoms with E-state index in [0.717, 1.165) is 25.8 Å². The van der Waals surface area contributed by atoms with Crippen LogP contribution in [-0.4, -0.2) is 52.2 Å². The molecule has 0 spiro atoms. The average molecular weight is 417 g/mol. The molecule has 2 aliphatic rings. The minimum absolute atomic E-state index is 0.107. The van der Waals surface area contributed by atoms with Crippen molar-refractivity contribution >= 4 is 15.9 Å². The Kier molecular flexibility index (Phi) is 5.25. The van der Waals surface area contributed by atoms with E-state index in [-0.39, 0.29) is 23.4 Å².